The summed E-state index contributed by atoms with van der Waals surface area (Å²) in [6.45, 7) is 6.89. The molecule has 8 nitrogen and oxygen atoms in total. The fraction of sp³-hybridized carbons (Fsp3) is 0.364. The van der Waals surface area contributed by atoms with E-state index < -0.39 is 34.4 Å². The van der Waals surface area contributed by atoms with E-state index in [0.717, 1.165) is 4.90 Å². The third-order valence-electron chi connectivity index (χ3n) is 4.73. The number of nitrogens with zero attached hydrogens (tertiary/aromatic N) is 2. The summed E-state index contributed by atoms with van der Waals surface area (Å²) in [7, 11) is 0. The molecule has 2 aromatic carbocycles. The number of carbonyl (C=O) groups excluding carboxylic acids is 2. The summed E-state index contributed by atoms with van der Waals surface area (Å²) in [6, 6.07) is 14.8. The molecule has 1 fully saturated rings. The predicted molar refractivity (Wildman–Crippen MR) is 108 cm³/mol. The molecule has 0 saturated carbocycles. The fourth-order valence-corrected chi connectivity index (χ4v) is 3.29. The maximum Gasteiger partial charge on any atom is 0.419 e. The van der Waals surface area contributed by atoms with E-state index in [1.165, 1.54) is 12.1 Å². The SMILES string of the molecule is CC(C)(C)OC(=O)N1C(=O)CC(C)(c2ccc([N+](=O)[O-])cc2)O[C@@H]1c1ccccc1. The normalized spacial score (nSPS) is 21.9. The van der Waals surface area contributed by atoms with Crippen LogP contribution in [0.5, 0.6) is 0 Å². The summed E-state index contributed by atoms with van der Waals surface area (Å²) in [5.74, 6) is -0.454. The van der Waals surface area contributed by atoms with E-state index in [-0.39, 0.29) is 12.1 Å². The molecule has 2 atom stereocenters. The summed E-state index contributed by atoms with van der Waals surface area (Å²) >= 11 is 0. The molecule has 2 amide bonds. The van der Waals surface area contributed by atoms with Crippen LogP contribution >= 0.6 is 0 Å². The number of ether oxygens (including phenoxy) is 2. The first-order chi connectivity index (χ1) is 14.0. The Balaban J connectivity index is 1.99. The highest BCUT2D eigenvalue weighted by atomic mass is 16.6. The van der Waals surface area contributed by atoms with Crippen LogP contribution in [0.25, 0.3) is 0 Å². The van der Waals surface area contributed by atoms with Crippen LogP contribution in [0.2, 0.25) is 0 Å². The van der Waals surface area contributed by atoms with Gasteiger partial charge in [-0.1, -0.05) is 30.3 Å². The maximum atomic E-state index is 13.1. The lowest BCUT2D eigenvalue weighted by atomic mass is 9.89. The van der Waals surface area contributed by atoms with Gasteiger partial charge in [0, 0.05) is 17.7 Å². The number of imide groups is 1. The zero-order valence-corrected chi connectivity index (χ0v) is 17.3. The van der Waals surface area contributed by atoms with Crippen LogP contribution in [0.15, 0.2) is 54.6 Å². The molecular weight excluding hydrogens is 388 g/mol. The number of non-ortho nitro benzene ring substituents is 1. The van der Waals surface area contributed by atoms with Gasteiger partial charge in [0.05, 0.1) is 11.3 Å². The molecule has 2 aromatic rings. The first-order valence-corrected chi connectivity index (χ1v) is 9.53. The molecule has 1 aliphatic rings. The van der Waals surface area contributed by atoms with E-state index >= 15 is 0 Å². The highest BCUT2D eigenvalue weighted by Gasteiger charge is 2.47. The van der Waals surface area contributed by atoms with Gasteiger partial charge in [-0.15, -0.1) is 0 Å². The fourth-order valence-electron chi connectivity index (χ4n) is 3.29. The van der Waals surface area contributed by atoms with Crippen molar-refractivity contribution in [3.63, 3.8) is 0 Å². The monoisotopic (exact) mass is 412 g/mol. The number of hydrogen-bond acceptors (Lipinski definition) is 6. The van der Waals surface area contributed by atoms with Gasteiger partial charge in [-0.25, -0.2) is 9.69 Å². The molecule has 0 aromatic heterocycles. The van der Waals surface area contributed by atoms with Gasteiger partial charge in [-0.3, -0.25) is 14.9 Å². The molecule has 158 valence electrons. The van der Waals surface area contributed by atoms with Crippen LogP contribution in [0.4, 0.5) is 10.5 Å². The number of rotatable bonds is 3. The maximum absolute atomic E-state index is 13.1. The molecule has 8 heteroatoms. The molecule has 3 rings (SSSR count). The Labute approximate surface area is 174 Å². The standard InChI is InChI=1S/C22H24N2O6/c1-21(2,3)30-20(26)23-18(25)14-22(4,16-10-12-17(13-11-16)24(27)28)29-19(23)15-8-6-5-7-9-15/h5-13,19H,14H2,1-4H3/t19-,22?/m1/s1. The Kier molecular flexibility index (Phi) is 5.63. The number of amides is 2. The van der Waals surface area contributed by atoms with Crippen LogP contribution in [0.3, 0.4) is 0 Å². The van der Waals surface area contributed by atoms with E-state index in [1.54, 1.807) is 64.1 Å². The Morgan fingerprint density at radius 1 is 1.17 bits per heavy atom. The van der Waals surface area contributed by atoms with Crippen molar-refractivity contribution in [2.24, 2.45) is 0 Å². The van der Waals surface area contributed by atoms with Crippen molar-refractivity contribution in [2.75, 3.05) is 0 Å². The molecule has 1 saturated heterocycles. The van der Waals surface area contributed by atoms with Crippen molar-refractivity contribution in [2.45, 2.75) is 51.5 Å². The Morgan fingerprint density at radius 3 is 2.30 bits per heavy atom. The van der Waals surface area contributed by atoms with Gasteiger partial charge in [0.2, 0.25) is 5.91 Å². The number of hydrogen-bond donors (Lipinski definition) is 0. The molecule has 0 spiro atoms. The Bertz CT molecular complexity index is 952. The van der Waals surface area contributed by atoms with Crippen LogP contribution in [-0.4, -0.2) is 27.4 Å². The van der Waals surface area contributed by atoms with Gasteiger partial charge in [0.1, 0.15) is 11.2 Å². The van der Waals surface area contributed by atoms with Gasteiger partial charge in [0.15, 0.2) is 6.23 Å². The zero-order valence-electron chi connectivity index (χ0n) is 17.3. The summed E-state index contributed by atoms with van der Waals surface area (Å²) in [4.78, 5) is 37.4. The Hall–Kier alpha value is -3.26. The van der Waals surface area contributed by atoms with E-state index in [1.807, 2.05) is 6.07 Å². The third kappa shape index (κ3) is 4.49. The molecule has 30 heavy (non-hydrogen) atoms. The summed E-state index contributed by atoms with van der Waals surface area (Å²) < 4.78 is 11.7. The van der Waals surface area contributed by atoms with Crippen LogP contribution in [-0.2, 0) is 19.9 Å². The number of nitro benzene ring substituents is 1. The van der Waals surface area contributed by atoms with Crippen molar-refractivity contribution < 1.29 is 24.0 Å². The number of nitro groups is 1. The van der Waals surface area contributed by atoms with Crippen molar-refractivity contribution in [1.29, 1.82) is 0 Å². The highest BCUT2D eigenvalue weighted by Crippen LogP contribution is 2.42. The second-order valence-electron chi connectivity index (χ2n) is 8.34. The lowest BCUT2D eigenvalue weighted by Gasteiger charge is -2.44. The summed E-state index contributed by atoms with van der Waals surface area (Å²) in [5, 5.41) is 11.0. The van der Waals surface area contributed by atoms with Crippen molar-refractivity contribution >= 4 is 17.7 Å². The minimum Gasteiger partial charge on any atom is -0.443 e. The average Bonchev–Trinajstić information content (AvgIpc) is 2.66. The minimum absolute atomic E-state index is 0.0560. The zero-order chi connectivity index (χ0) is 22.1. The number of benzene rings is 2. The summed E-state index contributed by atoms with van der Waals surface area (Å²) in [6.07, 6.45) is -1.90. The Morgan fingerprint density at radius 2 is 1.77 bits per heavy atom. The molecule has 1 heterocycles. The van der Waals surface area contributed by atoms with Crippen LogP contribution in [0.1, 0.15) is 51.5 Å². The minimum atomic E-state index is -1.08. The predicted octanol–water partition coefficient (Wildman–Crippen LogP) is 4.69. The lowest BCUT2D eigenvalue weighted by Crippen LogP contribution is -2.52. The van der Waals surface area contributed by atoms with Crippen LogP contribution in [0, 0.1) is 10.1 Å². The molecule has 0 aliphatic carbocycles. The van der Waals surface area contributed by atoms with Gasteiger partial charge in [0.25, 0.3) is 5.69 Å². The first kappa shape index (κ1) is 21.4. The third-order valence-corrected chi connectivity index (χ3v) is 4.73. The first-order valence-electron chi connectivity index (χ1n) is 9.53. The van der Waals surface area contributed by atoms with E-state index in [2.05, 4.69) is 0 Å². The lowest BCUT2D eigenvalue weighted by molar-refractivity contribution is -0.384. The van der Waals surface area contributed by atoms with Gasteiger partial charge < -0.3 is 9.47 Å². The second-order valence-corrected chi connectivity index (χ2v) is 8.34. The van der Waals surface area contributed by atoms with E-state index in [0.29, 0.717) is 11.1 Å². The van der Waals surface area contributed by atoms with Gasteiger partial charge in [-0.05, 0) is 45.4 Å². The van der Waals surface area contributed by atoms with Crippen molar-refractivity contribution in [1.82, 2.24) is 4.90 Å². The van der Waals surface area contributed by atoms with Gasteiger partial charge in [-0.2, -0.15) is 0 Å². The molecule has 1 unspecified atom stereocenters. The van der Waals surface area contributed by atoms with Crippen LogP contribution < -0.4 is 0 Å². The molecule has 0 N–H and O–H groups in total. The topological polar surface area (TPSA) is 99.0 Å². The number of carbonyl (C=O) groups is 2. The van der Waals surface area contributed by atoms with Gasteiger partial charge >= 0.3 is 6.09 Å². The smallest absolute Gasteiger partial charge is 0.419 e. The average molecular weight is 412 g/mol. The van der Waals surface area contributed by atoms with Crippen molar-refractivity contribution in [3.05, 3.63) is 75.8 Å². The van der Waals surface area contributed by atoms with E-state index in [9.17, 15) is 19.7 Å². The highest BCUT2D eigenvalue weighted by molar-refractivity contribution is 5.93. The quantitative estimate of drug-likeness (QED) is 0.535. The molecule has 0 bridgehead atoms. The van der Waals surface area contributed by atoms with Crippen molar-refractivity contribution in [3.8, 4) is 0 Å². The summed E-state index contributed by atoms with van der Waals surface area (Å²) in [5.41, 5.74) is -0.696. The molecule has 0 radical (unpaired) electrons. The molecule has 1 aliphatic heterocycles. The molecular formula is C22H24N2O6. The second kappa shape index (κ2) is 7.87. The van der Waals surface area contributed by atoms with E-state index in [4.69, 9.17) is 9.47 Å². The largest absolute Gasteiger partial charge is 0.443 e.